The summed E-state index contributed by atoms with van der Waals surface area (Å²) >= 11 is 0. The van der Waals surface area contributed by atoms with Crippen molar-refractivity contribution in [3.63, 3.8) is 0 Å². The van der Waals surface area contributed by atoms with Gasteiger partial charge in [-0.1, -0.05) is 12.1 Å². The molecule has 1 fully saturated rings. The molecular formula is C18H28N2O3. The van der Waals surface area contributed by atoms with Crippen LogP contribution in [0, 0.1) is 0 Å². The number of carbonyl (C=O) groups is 1. The van der Waals surface area contributed by atoms with Crippen LogP contribution >= 0.6 is 0 Å². The van der Waals surface area contributed by atoms with Crippen molar-refractivity contribution in [2.45, 2.75) is 39.0 Å². The molecule has 1 aliphatic rings. The predicted molar refractivity (Wildman–Crippen MR) is 90.6 cm³/mol. The minimum absolute atomic E-state index is 0.00786. The third kappa shape index (κ3) is 4.69. The molecule has 0 unspecified atom stereocenters. The fourth-order valence-corrected chi connectivity index (χ4v) is 3.06. The summed E-state index contributed by atoms with van der Waals surface area (Å²) in [5.41, 5.74) is 1.07. The van der Waals surface area contributed by atoms with Gasteiger partial charge in [-0.05, 0) is 38.5 Å². The van der Waals surface area contributed by atoms with Gasteiger partial charge in [-0.25, -0.2) is 0 Å². The van der Waals surface area contributed by atoms with E-state index in [9.17, 15) is 4.79 Å². The maximum atomic E-state index is 12.6. The molecule has 1 aliphatic heterocycles. The quantitative estimate of drug-likeness (QED) is 0.835. The third-order valence-corrected chi connectivity index (χ3v) is 4.40. The van der Waals surface area contributed by atoms with Crippen molar-refractivity contribution in [1.29, 1.82) is 0 Å². The summed E-state index contributed by atoms with van der Waals surface area (Å²) in [6.45, 7) is 8.18. The lowest BCUT2D eigenvalue weighted by Crippen LogP contribution is -2.49. The molecule has 1 aromatic rings. The Bertz CT molecular complexity index is 525. The first-order valence-corrected chi connectivity index (χ1v) is 8.18. The van der Waals surface area contributed by atoms with Crippen LogP contribution < -0.4 is 4.74 Å². The van der Waals surface area contributed by atoms with Crippen molar-refractivity contribution in [1.82, 2.24) is 9.80 Å². The maximum absolute atomic E-state index is 12.6. The summed E-state index contributed by atoms with van der Waals surface area (Å²) in [4.78, 5) is 16.6. The molecule has 1 saturated heterocycles. The van der Waals surface area contributed by atoms with E-state index in [2.05, 4.69) is 18.7 Å². The molecule has 0 bridgehead atoms. The SMILES string of the molecule is COc1cccc([C@H](C)N(C)C(=O)CN2C[C@@H](C)O[C@@H](C)C2)c1. The van der Waals surface area contributed by atoms with Gasteiger partial charge < -0.3 is 14.4 Å². The zero-order valence-corrected chi connectivity index (χ0v) is 14.8. The van der Waals surface area contributed by atoms with Crippen molar-refractivity contribution >= 4 is 5.91 Å². The van der Waals surface area contributed by atoms with Crippen LogP contribution in [0.3, 0.4) is 0 Å². The van der Waals surface area contributed by atoms with Gasteiger partial charge in [0.05, 0.1) is 31.9 Å². The first-order valence-electron chi connectivity index (χ1n) is 8.18. The lowest BCUT2D eigenvalue weighted by molar-refractivity contribution is -0.136. The second-order valence-corrected chi connectivity index (χ2v) is 6.41. The minimum Gasteiger partial charge on any atom is -0.497 e. The van der Waals surface area contributed by atoms with Crippen molar-refractivity contribution in [3.8, 4) is 5.75 Å². The lowest BCUT2D eigenvalue weighted by Gasteiger charge is -2.36. The van der Waals surface area contributed by atoms with Crippen LogP contribution in [0.5, 0.6) is 5.75 Å². The van der Waals surface area contributed by atoms with Crippen LogP contribution in [-0.4, -0.2) is 61.7 Å². The number of hydrogen-bond donors (Lipinski definition) is 0. The van der Waals surface area contributed by atoms with Crippen molar-refractivity contribution in [2.24, 2.45) is 0 Å². The van der Waals surface area contributed by atoms with E-state index in [0.717, 1.165) is 24.4 Å². The molecular weight excluding hydrogens is 292 g/mol. The number of amides is 1. The Morgan fingerprint density at radius 2 is 2.04 bits per heavy atom. The molecule has 128 valence electrons. The highest BCUT2D eigenvalue weighted by molar-refractivity contribution is 5.78. The predicted octanol–water partition coefficient (Wildman–Crippen LogP) is 2.32. The van der Waals surface area contributed by atoms with Gasteiger partial charge in [0.2, 0.25) is 5.91 Å². The van der Waals surface area contributed by atoms with E-state index in [1.54, 1.807) is 12.0 Å². The lowest BCUT2D eigenvalue weighted by atomic mass is 10.1. The van der Waals surface area contributed by atoms with Gasteiger partial charge in [0.1, 0.15) is 5.75 Å². The van der Waals surface area contributed by atoms with E-state index in [1.807, 2.05) is 38.2 Å². The van der Waals surface area contributed by atoms with E-state index < -0.39 is 0 Å². The summed E-state index contributed by atoms with van der Waals surface area (Å²) in [5, 5.41) is 0. The average Bonchev–Trinajstić information content (AvgIpc) is 2.52. The third-order valence-electron chi connectivity index (χ3n) is 4.40. The summed E-state index contributed by atoms with van der Waals surface area (Å²) in [5.74, 6) is 0.938. The zero-order chi connectivity index (χ0) is 17.0. The molecule has 1 heterocycles. The Morgan fingerprint density at radius 1 is 1.39 bits per heavy atom. The highest BCUT2D eigenvalue weighted by Gasteiger charge is 2.26. The van der Waals surface area contributed by atoms with Crippen LogP contribution in [0.15, 0.2) is 24.3 Å². The van der Waals surface area contributed by atoms with Crippen molar-refractivity contribution in [3.05, 3.63) is 29.8 Å². The van der Waals surface area contributed by atoms with Crippen LogP contribution in [0.25, 0.3) is 0 Å². The highest BCUT2D eigenvalue weighted by atomic mass is 16.5. The van der Waals surface area contributed by atoms with Crippen LogP contribution in [0.1, 0.15) is 32.4 Å². The molecule has 0 radical (unpaired) electrons. The fraction of sp³-hybridized carbons (Fsp3) is 0.611. The summed E-state index contributed by atoms with van der Waals surface area (Å²) in [6, 6.07) is 7.87. The smallest absolute Gasteiger partial charge is 0.236 e. The van der Waals surface area contributed by atoms with Crippen LogP contribution in [0.2, 0.25) is 0 Å². The normalized spacial score (nSPS) is 23.3. The molecule has 1 aromatic carbocycles. The van der Waals surface area contributed by atoms with E-state index in [-0.39, 0.29) is 24.2 Å². The van der Waals surface area contributed by atoms with Gasteiger partial charge in [0.15, 0.2) is 0 Å². The summed E-state index contributed by atoms with van der Waals surface area (Å²) < 4.78 is 11.0. The molecule has 0 N–H and O–H groups in total. The zero-order valence-electron chi connectivity index (χ0n) is 14.8. The Hall–Kier alpha value is -1.59. The number of morpholine rings is 1. The fourth-order valence-electron chi connectivity index (χ4n) is 3.06. The van der Waals surface area contributed by atoms with Crippen molar-refractivity contribution < 1.29 is 14.3 Å². The number of carbonyl (C=O) groups excluding carboxylic acids is 1. The first kappa shape index (κ1) is 17.8. The van der Waals surface area contributed by atoms with E-state index in [4.69, 9.17) is 9.47 Å². The van der Waals surface area contributed by atoms with Gasteiger partial charge in [-0.2, -0.15) is 0 Å². The molecule has 3 atom stereocenters. The summed E-state index contributed by atoms with van der Waals surface area (Å²) in [6.07, 6.45) is 0.348. The van der Waals surface area contributed by atoms with Gasteiger partial charge in [0.25, 0.3) is 0 Å². The van der Waals surface area contributed by atoms with E-state index in [1.165, 1.54) is 0 Å². The van der Waals surface area contributed by atoms with E-state index in [0.29, 0.717) is 6.54 Å². The second-order valence-electron chi connectivity index (χ2n) is 6.41. The van der Waals surface area contributed by atoms with Gasteiger partial charge in [0, 0.05) is 20.1 Å². The van der Waals surface area contributed by atoms with Gasteiger partial charge >= 0.3 is 0 Å². The number of hydrogen-bond acceptors (Lipinski definition) is 4. The molecule has 0 saturated carbocycles. The molecule has 5 heteroatoms. The number of nitrogens with zero attached hydrogens (tertiary/aromatic N) is 2. The van der Waals surface area contributed by atoms with Gasteiger partial charge in [-0.3, -0.25) is 9.69 Å². The van der Waals surface area contributed by atoms with Gasteiger partial charge in [-0.15, -0.1) is 0 Å². The average molecular weight is 320 g/mol. The maximum Gasteiger partial charge on any atom is 0.236 e. The number of likely N-dealkylation sites (N-methyl/N-ethyl adjacent to an activating group) is 1. The van der Waals surface area contributed by atoms with Crippen LogP contribution in [0.4, 0.5) is 0 Å². The minimum atomic E-state index is 0.00786. The summed E-state index contributed by atoms with van der Waals surface area (Å²) in [7, 11) is 3.51. The second kappa shape index (κ2) is 7.79. The Labute approximate surface area is 139 Å². The molecule has 23 heavy (non-hydrogen) atoms. The Balaban J connectivity index is 1.98. The molecule has 0 aliphatic carbocycles. The molecule has 1 amide bonds. The topological polar surface area (TPSA) is 42.0 Å². The monoisotopic (exact) mass is 320 g/mol. The number of methoxy groups -OCH3 is 1. The molecule has 5 nitrogen and oxygen atoms in total. The molecule has 2 rings (SSSR count). The van der Waals surface area contributed by atoms with Crippen LogP contribution in [-0.2, 0) is 9.53 Å². The number of benzene rings is 1. The standard InChI is InChI=1S/C18H28N2O3/c1-13-10-20(11-14(2)23-13)12-18(21)19(4)15(3)16-7-6-8-17(9-16)22-5/h6-9,13-15H,10-12H2,1-5H3/t13-,14+,15-/m0/s1. The molecule has 0 spiro atoms. The largest absolute Gasteiger partial charge is 0.497 e. The highest BCUT2D eigenvalue weighted by Crippen LogP contribution is 2.23. The Morgan fingerprint density at radius 3 is 2.65 bits per heavy atom. The number of rotatable bonds is 5. The van der Waals surface area contributed by atoms with E-state index >= 15 is 0 Å². The molecule has 0 aromatic heterocycles. The first-order chi connectivity index (χ1) is 10.9. The van der Waals surface area contributed by atoms with Crippen molar-refractivity contribution in [2.75, 3.05) is 33.8 Å². The Kier molecular flexibility index (Phi) is 6.02. The number of ether oxygens (including phenoxy) is 2.